The monoisotopic (exact) mass is 1060 g/mol. The number of aromatic amines is 1. The summed E-state index contributed by atoms with van der Waals surface area (Å²) >= 11 is 0. The molecule has 3 amide bonds. The Labute approximate surface area is 430 Å². The van der Waals surface area contributed by atoms with Crippen LogP contribution in [-0.2, 0) is 25.5 Å². The Bertz CT molecular complexity index is 3010. The van der Waals surface area contributed by atoms with Gasteiger partial charge in [-0.1, -0.05) is 72.8 Å². The van der Waals surface area contributed by atoms with Crippen molar-refractivity contribution in [2.75, 3.05) is 55.3 Å². The van der Waals surface area contributed by atoms with Gasteiger partial charge in [-0.3, -0.25) is 19.7 Å². The third-order valence-corrected chi connectivity index (χ3v) is 11.8. The second-order valence-electron chi connectivity index (χ2n) is 17.2. The molecule has 1 aromatic heterocycles. The number of rotatable bonds is 15. The second-order valence-corrected chi connectivity index (χ2v) is 17.2. The van der Waals surface area contributed by atoms with Gasteiger partial charge in [0.05, 0.1) is 17.3 Å². The molecule has 1 aliphatic rings. The van der Waals surface area contributed by atoms with Gasteiger partial charge in [0.25, 0.3) is 5.91 Å². The number of aliphatic hydroxyl groups is 1. The number of phenols is 1. The number of benzene rings is 5. The number of aryl methyl sites for hydroxylation is 1. The average Bonchev–Trinajstić information content (AvgIpc) is 3.38. The minimum absolute atomic E-state index is 0.0620. The normalized spacial score (nSPS) is 13.2. The number of halogens is 6. The molecule has 17 nitrogen and oxygen atoms in total. The van der Waals surface area contributed by atoms with E-state index in [1.165, 1.54) is 12.1 Å². The van der Waals surface area contributed by atoms with Gasteiger partial charge in [-0.05, 0) is 97.4 Å². The fourth-order valence-electron chi connectivity index (χ4n) is 7.81. The van der Waals surface area contributed by atoms with E-state index in [2.05, 4.69) is 25.8 Å². The molecule has 0 aliphatic carbocycles. The molecule has 1 fully saturated rings. The number of carbonyl (C=O) groups is 5. The summed E-state index contributed by atoms with van der Waals surface area (Å²) in [6.07, 6.45) is -9.46. The number of H-pyrrole nitrogens is 1. The molecule has 0 spiro atoms. The number of pyridine rings is 1. The molecule has 76 heavy (non-hydrogen) atoms. The highest BCUT2D eigenvalue weighted by molar-refractivity contribution is 6.06. The van der Waals surface area contributed by atoms with Crippen molar-refractivity contribution in [1.82, 2.24) is 15.2 Å². The van der Waals surface area contributed by atoms with Crippen molar-refractivity contribution < 1.29 is 75.5 Å². The van der Waals surface area contributed by atoms with E-state index in [9.17, 15) is 55.7 Å². The van der Waals surface area contributed by atoms with E-state index in [0.29, 0.717) is 85.4 Å². The number of aromatic hydroxyl groups is 1. The van der Waals surface area contributed by atoms with Gasteiger partial charge < -0.3 is 50.6 Å². The Morgan fingerprint density at radius 1 is 0.803 bits per heavy atom. The summed E-state index contributed by atoms with van der Waals surface area (Å²) in [5, 5.41) is 45.0. The molecule has 0 bridgehead atoms. The number of aliphatic hydroxyl groups excluding tert-OH is 1. The number of alkyl halides is 6. The van der Waals surface area contributed by atoms with Crippen molar-refractivity contribution in [3.8, 4) is 16.9 Å². The standard InChI is InChI=1S/C49H52N6O7.2C2HF3O2/c1-32-15-16-35(48(60)51-36-12-8-9-33(29-36)21-25-50-31-44(57)39-17-19-43(56)47-40(39)18-20-45(58)53-47)30-42(32)54(2)46(59)24-28-55-26-22-37(23-27-55)62-49(61)52-41-14-7-6-13-38(41)34-10-4-3-5-11-34;2*3-2(4,5)1(6)7/h3-20,29-30,37,44,50,56-57H,21-28,31H2,1-2H3,(H,51,60)(H,52,61)(H,53,58);2*(H,6,7)/t44-;;/m0../s1. The zero-order valence-electron chi connectivity index (χ0n) is 40.9. The van der Waals surface area contributed by atoms with Gasteiger partial charge in [-0.15, -0.1) is 0 Å². The van der Waals surface area contributed by atoms with Crippen LogP contribution in [0, 0.1) is 6.92 Å². The molecule has 0 saturated carbocycles. The number of carboxylic acid groups (broad SMARTS) is 2. The van der Waals surface area contributed by atoms with Crippen LogP contribution < -0.4 is 26.4 Å². The Hall–Kier alpha value is -8.28. The number of likely N-dealkylation sites (tertiary alicyclic amines) is 1. The van der Waals surface area contributed by atoms with E-state index in [-0.39, 0.29) is 41.3 Å². The quantitative estimate of drug-likeness (QED) is 0.0355. The topological polar surface area (TPSA) is 251 Å². The number of amides is 3. The highest BCUT2D eigenvalue weighted by Gasteiger charge is 2.39. The maximum absolute atomic E-state index is 13.4. The first-order chi connectivity index (χ1) is 35.9. The van der Waals surface area contributed by atoms with Gasteiger partial charge >= 0.3 is 30.4 Å². The van der Waals surface area contributed by atoms with Gasteiger partial charge in [0.2, 0.25) is 11.5 Å². The molecule has 6 aromatic rings. The lowest BCUT2D eigenvalue weighted by molar-refractivity contribution is -0.193. The molecule has 5 aromatic carbocycles. The second kappa shape index (κ2) is 26.8. The van der Waals surface area contributed by atoms with Crippen molar-refractivity contribution >= 4 is 57.8 Å². The number of nitrogens with one attached hydrogen (secondary N) is 4. The van der Waals surface area contributed by atoms with Crippen LogP contribution in [0.5, 0.6) is 5.75 Å². The zero-order valence-corrected chi connectivity index (χ0v) is 40.9. The number of aliphatic carboxylic acids is 2. The number of para-hydroxylation sites is 1. The maximum atomic E-state index is 13.4. The van der Waals surface area contributed by atoms with E-state index in [1.54, 1.807) is 36.2 Å². The summed E-state index contributed by atoms with van der Waals surface area (Å²) in [5.41, 5.74) is 6.71. The molecule has 404 valence electrons. The van der Waals surface area contributed by atoms with Crippen LogP contribution in [0.1, 0.15) is 52.4 Å². The van der Waals surface area contributed by atoms with Crippen molar-refractivity contribution in [3.05, 3.63) is 154 Å². The van der Waals surface area contributed by atoms with E-state index in [1.807, 2.05) is 91.9 Å². The largest absolute Gasteiger partial charge is 0.506 e. The number of aromatic nitrogens is 1. The number of piperidine rings is 1. The third kappa shape index (κ3) is 17.4. The van der Waals surface area contributed by atoms with Crippen LogP contribution in [0.15, 0.2) is 126 Å². The Balaban J connectivity index is 0.000000671. The molecule has 8 N–H and O–H groups in total. The smallest absolute Gasteiger partial charge is 0.490 e. The number of anilines is 3. The summed E-state index contributed by atoms with van der Waals surface area (Å²) in [4.78, 5) is 75.7. The van der Waals surface area contributed by atoms with E-state index in [4.69, 9.17) is 24.5 Å². The predicted molar refractivity (Wildman–Crippen MR) is 270 cm³/mol. The minimum Gasteiger partial charge on any atom is -0.506 e. The van der Waals surface area contributed by atoms with Crippen molar-refractivity contribution in [1.29, 1.82) is 0 Å². The van der Waals surface area contributed by atoms with E-state index < -0.39 is 36.5 Å². The van der Waals surface area contributed by atoms with E-state index >= 15 is 0 Å². The lowest BCUT2D eigenvalue weighted by Crippen LogP contribution is -2.40. The Morgan fingerprint density at radius 3 is 2.11 bits per heavy atom. The van der Waals surface area contributed by atoms with Crippen molar-refractivity contribution in [2.45, 2.75) is 57.2 Å². The number of nitrogens with zero attached hydrogens (tertiary/aromatic N) is 2. The Kier molecular flexibility index (Phi) is 20.7. The summed E-state index contributed by atoms with van der Waals surface area (Å²) in [6.45, 7) is 4.69. The van der Waals surface area contributed by atoms with Crippen LogP contribution >= 0.6 is 0 Å². The number of carboxylic acids is 2. The number of fused-ring (bicyclic) bond motifs is 1. The molecular formula is C53H54F6N6O11. The molecule has 1 aliphatic heterocycles. The highest BCUT2D eigenvalue weighted by Crippen LogP contribution is 2.30. The van der Waals surface area contributed by atoms with Crippen molar-refractivity contribution in [3.63, 3.8) is 0 Å². The van der Waals surface area contributed by atoms with Crippen LogP contribution in [0.25, 0.3) is 22.0 Å². The number of phenolic OH excluding ortho intramolecular Hbond substituents is 1. The number of ether oxygens (including phenoxy) is 1. The number of carbonyl (C=O) groups excluding carboxylic acids is 3. The summed E-state index contributed by atoms with van der Waals surface area (Å²) in [7, 11) is 1.73. The maximum Gasteiger partial charge on any atom is 0.490 e. The minimum atomic E-state index is -5.08. The first-order valence-electron chi connectivity index (χ1n) is 23.4. The van der Waals surface area contributed by atoms with Crippen LogP contribution in [-0.4, -0.2) is 118 Å². The zero-order chi connectivity index (χ0) is 55.7. The van der Waals surface area contributed by atoms with Crippen LogP contribution in [0.2, 0.25) is 0 Å². The van der Waals surface area contributed by atoms with Gasteiger partial charge in [0.1, 0.15) is 11.9 Å². The number of hydrogen-bond acceptors (Lipinski definition) is 11. The molecule has 7 rings (SSSR count). The summed E-state index contributed by atoms with van der Waals surface area (Å²) in [5.74, 6) is -5.94. The summed E-state index contributed by atoms with van der Waals surface area (Å²) in [6, 6.07) is 36.4. The fourth-order valence-corrected chi connectivity index (χ4v) is 7.81. The average molecular weight is 1070 g/mol. The fraction of sp³-hybridized carbons (Fsp3) is 0.283. The molecule has 1 atom stereocenters. The molecule has 2 heterocycles. The first kappa shape index (κ1) is 58.6. The predicted octanol–water partition coefficient (Wildman–Crippen LogP) is 8.66. The van der Waals surface area contributed by atoms with Gasteiger partial charge in [0, 0.05) is 73.6 Å². The lowest BCUT2D eigenvalue weighted by Gasteiger charge is -2.32. The van der Waals surface area contributed by atoms with Crippen LogP contribution in [0.4, 0.5) is 48.2 Å². The summed E-state index contributed by atoms with van der Waals surface area (Å²) < 4.78 is 69.3. The van der Waals surface area contributed by atoms with Gasteiger partial charge in [-0.25, -0.2) is 14.4 Å². The SMILES string of the molecule is Cc1ccc(C(=O)Nc2cccc(CCNC[C@H](O)c3ccc(O)c4[nH]c(=O)ccc34)c2)cc1N(C)C(=O)CCN1CCC(OC(=O)Nc2ccccc2-c2ccccc2)CC1.O=C(O)C(F)(F)F.O=C(O)C(F)(F)F. The molecular weight excluding hydrogens is 1010 g/mol. The molecule has 0 unspecified atom stereocenters. The van der Waals surface area contributed by atoms with Gasteiger partial charge in [0.15, 0.2) is 0 Å². The van der Waals surface area contributed by atoms with Crippen LogP contribution in [0.3, 0.4) is 0 Å². The van der Waals surface area contributed by atoms with Crippen molar-refractivity contribution in [2.24, 2.45) is 0 Å². The molecule has 23 heteroatoms. The third-order valence-electron chi connectivity index (χ3n) is 11.8. The molecule has 1 saturated heterocycles. The highest BCUT2D eigenvalue weighted by atomic mass is 19.4. The first-order valence-corrected chi connectivity index (χ1v) is 23.4. The lowest BCUT2D eigenvalue weighted by atomic mass is 10.0. The molecule has 0 radical (unpaired) electrons. The Morgan fingerprint density at radius 2 is 1.45 bits per heavy atom. The van der Waals surface area contributed by atoms with E-state index in [0.717, 1.165) is 22.3 Å². The van der Waals surface area contributed by atoms with Gasteiger partial charge in [-0.2, -0.15) is 26.3 Å². The number of hydrogen-bond donors (Lipinski definition) is 8.